The molecule has 0 aliphatic heterocycles. The summed E-state index contributed by atoms with van der Waals surface area (Å²) < 4.78 is 0. The van der Waals surface area contributed by atoms with E-state index in [1.54, 1.807) is 12.1 Å². The quantitative estimate of drug-likeness (QED) is 0.450. The second-order valence-corrected chi connectivity index (χ2v) is 4.81. The van der Waals surface area contributed by atoms with Gasteiger partial charge in [0.05, 0.1) is 10.6 Å². The van der Waals surface area contributed by atoms with Gasteiger partial charge in [0.25, 0.3) is 5.69 Å². The maximum absolute atomic E-state index is 10.8. The highest BCUT2D eigenvalue weighted by molar-refractivity contribution is 5.55. The van der Waals surface area contributed by atoms with Crippen LogP contribution < -0.4 is 11.3 Å². The molecule has 0 aliphatic carbocycles. The molecule has 0 spiro atoms. The number of hydrazine groups is 1. The van der Waals surface area contributed by atoms with Crippen LogP contribution in [-0.4, -0.2) is 22.4 Å². The first-order valence-corrected chi connectivity index (χ1v) is 6.47. The molecule has 0 amide bonds. The highest BCUT2D eigenvalue weighted by Gasteiger charge is 2.15. The number of hydrogen-bond donors (Lipinski definition) is 2. The fourth-order valence-corrected chi connectivity index (χ4v) is 1.99. The average Bonchev–Trinajstić information content (AvgIpc) is 2.37. The topological polar surface area (TPSA) is 84.4 Å². The Hall–Kier alpha value is -1.66. The molecule has 0 saturated carbocycles. The number of rotatable bonds is 7. The smallest absolute Gasteiger partial charge is 0.269 e. The summed E-state index contributed by atoms with van der Waals surface area (Å²) in [6, 6.07) is 5.07. The Morgan fingerprint density at radius 3 is 2.63 bits per heavy atom. The molecule has 0 aromatic heterocycles. The molecule has 1 aromatic carbocycles. The van der Waals surface area contributed by atoms with Crippen molar-refractivity contribution in [1.29, 1.82) is 0 Å². The Bertz CT molecular complexity index is 435. The predicted octanol–water partition coefficient (Wildman–Crippen LogP) is 2.50. The lowest BCUT2D eigenvalue weighted by atomic mass is 10.1. The minimum absolute atomic E-state index is 0.0919. The molecule has 3 N–H and O–H groups in total. The highest BCUT2D eigenvalue weighted by Crippen LogP contribution is 2.23. The number of hydrogen-bond acceptors (Lipinski definition) is 5. The van der Waals surface area contributed by atoms with Gasteiger partial charge in [-0.3, -0.25) is 20.9 Å². The van der Waals surface area contributed by atoms with E-state index in [2.05, 4.69) is 31.1 Å². The number of non-ortho nitro benzene ring substituents is 1. The van der Waals surface area contributed by atoms with Crippen LogP contribution in [0.4, 0.5) is 11.4 Å². The standard InChI is InChI=1S/C13H22N4O2/c1-4-7-16(10(2)3)9-11-8-12(17(18)19)5-6-13(11)15-14/h5-6,8,10,15H,4,7,9,14H2,1-3H3. The van der Waals surface area contributed by atoms with Crippen LogP contribution in [0.15, 0.2) is 18.2 Å². The molecule has 106 valence electrons. The van der Waals surface area contributed by atoms with Crippen LogP contribution in [0.1, 0.15) is 32.8 Å². The Labute approximate surface area is 113 Å². The van der Waals surface area contributed by atoms with Crippen LogP contribution in [0.2, 0.25) is 0 Å². The van der Waals surface area contributed by atoms with Crippen molar-refractivity contribution in [3.63, 3.8) is 0 Å². The third-order valence-electron chi connectivity index (χ3n) is 3.07. The van der Waals surface area contributed by atoms with Crippen molar-refractivity contribution in [2.75, 3.05) is 12.0 Å². The molecule has 0 atom stereocenters. The Morgan fingerprint density at radius 2 is 2.16 bits per heavy atom. The maximum atomic E-state index is 10.8. The van der Waals surface area contributed by atoms with Gasteiger partial charge < -0.3 is 5.43 Å². The van der Waals surface area contributed by atoms with Crippen LogP contribution in [0, 0.1) is 10.1 Å². The molecule has 0 unspecified atom stereocenters. The first-order valence-electron chi connectivity index (χ1n) is 6.47. The van der Waals surface area contributed by atoms with Gasteiger partial charge in [-0.1, -0.05) is 6.92 Å². The van der Waals surface area contributed by atoms with E-state index in [4.69, 9.17) is 5.84 Å². The van der Waals surface area contributed by atoms with Crippen LogP contribution >= 0.6 is 0 Å². The minimum Gasteiger partial charge on any atom is -0.324 e. The lowest BCUT2D eigenvalue weighted by Crippen LogP contribution is -2.31. The van der Waals surface area contributed by atoms with Gasteiger partial charge in [0, 0.05) is 24.7 Å². The number of nitrogens with one attached hydrogen (secondary N) is 1. The number of anilines is 1. The van der Waals surface area contributed by atoms with Crippen molar-refractivity contribution < 1.29 is 4.92 Å². The van der Waals surface area contributed by atoms with Crippen LogP contribution in [0.3, 0.4) is 0 Å². The van der Waals surface area contributed by atoms with E-state index in [-0.39, 0.29) is 10.6 Å². The number of benzene rings is 1. The fraction of sp³-hybridized carbons (Fsp3) is 0.538. The van der Waals surface area contributed by atoms with E-state index in [0.29, 0.717) is 12.6 Å². The van der Waals surface area contributed by atoms with Gasteiger partial charge in [-0.05, 0) is 38.4 Å². The summed E-state index contributed by atoms with van der Waals surface area (Å²) in [6.07, 6.45) is 1.04. The van der Waals surface area contributed by atoms with Crippen LogP contribution in [0.25, 0.3) is 0 Å². The van der Waals surface area contributed by atoms with Crippen molar-refractivity contribution in [1.82, 2.24) is 4.90 Å². The van der Waals surface area contributed by atoms with Gasteiger partial charge in [0.1, 0.15) is 0 Å². The summed E-state index contributed by atoms with van der Waals surface area (Å²) in [5.41, 5.74) is 4.27. The van der Waals surface area contributed by atoms with Crippen molar-refractivity contribution in [2.24, 2.45) is 5.84 Å². The summed E-state index contributed by atoms with van der Waals surface area (Å²) in [7, 11) is 0. The molecule has 0 bridgehead atoms. The Morgan fingerprint density at radius 1 is 1.47 bits per heavy atom. The number of nitro groups is 1. The molecular formula is C13H22N4O2. The second-order valence-electron chi connectivity index (χ2n) is 4.81. The normalized spacial score (nSPS) is 11.1. The second kappa shape index (κ2) is 7.06. The predicted molar refractivity (Wildman–Crippen MR) is 76.7 cm³/mol. The average molecular weight is 266 g/mol. The van der Waals surface area contributed by atoms with Gasteiger partial charge in [0.15, 0.2) is 0 Å². The SMILES string of the molecule is CCCN(Cc1cc([N+](=O)[O-])ccc1NN)C(C)C. The number of nitrogen functional groups attached to an aromatic ring is 1. The van der Waals surface area contributed by atoms with Gasteiger partial charge in [0.2, 0.25) is 0 Å². The highest BCUT2D eigenvalue weighted by atomic mass is 16.6. The maximum Gasteiger partial charge on any atom is 0.269 e. The van der Waals surface area contributed by atoms with Gasteiger partial charge >= 0.3 is 0 Å². The van der Waals surface area contributed by atoms with E-state index in [9.17, 15) is 10.1 Å². The van der Waals surface area contributed by atoms with Gasteiger partial charge in [-0.25, -0.2) is 0 Å². The summed E-state index contributed by atoms with van der Waals surface area (Å²) in [4.78, 5) is 12.7. The van der Waals surface area contributed by atoms with Crippen molar-refractivity contribution in [3.8, 4) is 0 Å². The Kier molecular flexibility index (Phi) is 5.72. The van der Waals surface area contributed by atoms with E-state index in [0.717, 1.165) is 24.2 Å². The first-order chi connectivity index (χ1) is 8.99. The zero-order valence-corrected chi connectivity index (χ0v) is 11.7. The molecule has 0 aliphatic rings. The fourth-order valence-electron chi connectivity index (χ4n) is 1.99. The largest absolute Gasteiger partial charge is 0.324 e. The van der Waals surface area contributed by atoms with E-state index in [1.807, 2.05) is 0 Å². The van der Waals surface area contributed by atoms with Crippen molar-refractivity contribution >= 4 is 11.4 Å². The Balaban J connectivity index is 3.01. The molecule has 0 saturated heterocycles. The first kappa shape index (κ1) is 15.4. The monoisotopic (exact) mass is 266 g/mol. The molecule has 6 heteroatoms. The lowest BCUT2D eigenvalue weighted by Gasteiger charge is -2.26. The third-order valence-corrected chi connectivity index (χ3v) is 3.07. The summed E-state index contributed by atoms with van der Waals surface area (Å²) >= 11 is 0. The zero-order valence-electron chi connectivity index (χ0n) is 11.7. The summed E-state index contributed by atoms with van der Waals surface area (Å²) in [5, 5.41) is 10.8. The van der Waals surface area contributed by atoms with Crippen LogP contribution in [-0.2, 0) is 6.54 Å². The summed E-state index contributed by atoms with van der Waals surface area (Å²) in [6.45, 7) is 7.94. The molecule has 19 heavy (non-hydrogen) atoms. The van der Waals surface area contributed by atoms with Crippen molar-refractivity contribution in [3.05, 3.63) is 33.9 Å². The minimum atomic E-state index is -0.386. The van der Waals surface area contributed by atoms with E-state index in [1.165, 1.54) is 6.07 Å². The van der Waals surface area contributed by atoms with Gasteiger partial charge in [-0.2, -0.15) is 0 Å². The third kappa shape index (κ3) is 4.18. The molecule has 0 heterocycles. The molecular weight excluding hydrogens is 244 g/mol. The molecule has 0 radical (unpaired) electrons. The molecule has 6 nitrogen and oxygen atoms in total. The lowest BCUT2D eigenvalue weighted by molar-refractivity contribution is -0.384. The van der Waals surface area contributed by atoms with Crippen molar-refractivity contribution in [2.45, 2.75) is 39.8 Å². The summed E-state index contributed by atoms with van der Waals surface area (Å²) in [5.74, 6) is 5.46. The molecule has 1 rings (SSSR count). The zero-order chi connectivity index (χ0) is 14.4. The number of nitrogens with zero attached hydrogens (tertiary/aromatic N) is 2. The molecule has 1 aromatic rings. The number of nitro benzene ring substituents is 1. The van der Waals surface area contributed by atoms with Crippen LogP contribution in [0.5, 0.6) is 0 Å². The number of nitrogens with two attached hydrogens (primary N) is 1. The molecule has 0 fully saturated rings. The van der Waals surface area contributed by atoms with E-state index < -0.39 is 0 Å². The van der Waals surface area contributed by atoms with E-state index >= 15 is 0 Å². The van der Waals surface area contributed by atoms with Gasteiger partial charge in [-0.15, -0.1) is 0 Å².